The molecule has 17 heavy (non-hydrogen) atoms. The molecule has 0 radical (unpaired) electrons. The van der Waals surface area contributed by atoms with Gasteiger partial charge in [-0.05, 0) is 25.3 Å². The molecular formula is C11H17ClN2O2S. The Kier molecular flexibility index (Phi) is 6.83. The second kappa shape index (κ2) is 7.29. The number of nitrogens with two attached hydrogens (primary N) is 1. The van der Waals surface area contributed by atoms with Crippen LogP contribution >= 0.6 is 24.2 Å². The van der Waals surface area contributed by atoms with E-state index in [9.17, 15) is 4.79 Å². The highest BCUT2D eigenvalue weighted by Gasteiger charge is 2.12. The van der Waals surface area contributed by atoms with E-state index in [1.807, 2.05) is 13.2 Å². The van der Waals surface area contributed by atoms with E-state index in [2.05, 4.69) is 5.32 Å². The van der Waals surface area contributed by atoms with Crippen molar-refractivity contribution in [2.24, 2.45) is 0 Å². The molecule has 1 unspecified atom stereocenters. The number of hydrogen-bond acceptors (Lipinski definition) is 4. The average Bonchev–Trinajstić information content (AvgIpc) is 2.30. The van der Waals surface area contributed by atoms with Crippen LogP contribution in [0.1, 0.15) is 6.92 Å². The van der Waals surface area contributed by atoms with E-state index >= 15 is 0 Å². The number of rotatable bonds is 4. The first kappa shape index (κ1) is 15.9. The lowest BCUT2D eigenvalue weighted by Crippen LogP contribution is -2.22. The Morgan fingerprint density at radius 3 is 2.71 bits per heavy atom. The van der Waals surface area contributed by atoms with Crippen molar-refractivity contribution in [2.75, 3.05) is 24.4 Å². The normalized spacial score (nSPS) is 11.2. The first-order valence-corrected chi connectivity index (χ1v) is 6.14. The molecule has 4 nitrogen and oxygen atoms in total. The molecular weight excluding hydrogens is 260 g/mol. The van der Waals surface area contributed by atoms with Crippen LogP contribution in [0.3, 0.4) is 0 Å². The zero-order valence-corrected chi connectivity index (χ0v) is 11.7. The molecule has 0 bridgehead atoms. The minimum atomic E-state index is -0.106. The Hall–Kier alpha value is -1.07. The van der Waals surface area contributed by atoms with Crippen molar-refractivity contribution < 1.29 is 9.53 Å². The van der Waals surface area contributed by atoms with E-state index in [0.29, 0.717) is 17.1 Å². The van der Waals surface area contributed by atoms with Crippen LogP contribution in [0.5, 0.6) is 5.75 Å². The van der Waals surface area contributed by atoms with Crippen molar-refractivity contribution in [3.63, 3.8) is 0 Å². The van der Waals surface area contributed by atoms with E-state index in [1.165, 1.54) is 11.8 Å². The lowest BCUT2D eigenvalue weighted by atomic mass is 10.2. The molecule has 1 atom stereocenters. The maximum Gasteiger partial charge on any atom is 0.237 e. The molecule has 0 aromatic heterocycles. The highest BCUT2D eigenvalue weighted by molar-refractivity contribution is 7.99. The number of amides is 1. The zero-order chi connectivity index (χ0) is 12.1. The predicted molar refractivity (Wildman–Crippen MR) is 76.3 cm³/mol. The van der Waals surface area contributed by atoms with E-state index in [0.717, 1.165) is 0 Å². The number of thioether (sulfide) groups is 1. The standard InChI is InChI=1S/C11H16N2O2S.ClH/c1-7(16-3)11(14)13-10-6-8(15-2)4-5-9(10)12;/h4-7H,12H2,1-3H3,(H,13,14);1H. The molecule has 0 fully saturated rings. The largest absolute Gasteiger partial charge is 0.497 e. The van der Waals surface area contributed by atoms with Crippen molar-refractivity contribution in [3.8, 4) is 5.75 Å². The number of nitrogen functional groups attached to an aromatic ring is 1. The molecule has 0 aliphatic carbocycles. The van der Waals surface area contributed by atoms with Gasteiger partial charge in [0.1, 0.15) is 5.75 Å². The molecule has 0 saturated heterocycles. The number of carbonyl (C=O) groups is 1. The van der Waals surface area contributed by atoms with Crippen LogP contribution in [0.15, 0.2) is 18.2 Å². The highest BCUT2D eigenvalue weighted by atomic mass is 35.5. The van der Waals surface area contributed by atoms with Crippen molar-refractivity contribution in [1.82, 2.24) is 0 Å². The van der Waals surface area contributed by atoms with Crippen LogP contribution in [0.25, 0.3) is 0 Å². The van der Waals surface area contributed by atoms with Gasteiger partial charge in [0.2, 0.25) is 5.91 Å². The molecule has 6 heteroatoms. The minimum absolute atomic E-state index is 0. The summed E-state index contributed by atoms with van der Waals surface area (Å²) in [6, 6.07) is 5.17. The fraction of sp³-hybridized carbons (Fsp3) is 0.364. The Bertz CT molecular complexity index is 388. The number of nitrogens with one attached hydrogen (secondary N) is 1. The van der Waals surface area contributed by atoms with Gasteiger partial charge < -0.3 is 15.8 Å². The second-order valence-corrected chi connectivity index (χ2v) is 4.50. The van der Waals surface area contributed by atoms with Crippen molar-refractivity contribution in [1.29, 1.82) is 0 Å². The van der Waals surface area contributed by atoms with Gasteiger partial charge in [-0.25, -0.2) is 0 Å². The fourth-order valence-electron chi connectivity index (χ4n) is 1.11. The van der Waals surface area contributed by atoms with Gasteiger partial charge in [-0.1, -0.05) is 0 Å². The molecule has 0 aliphatic heterocycles. The number of hydrogen-bond donors (Lipinski definition) is 2. The summed E-state index contributed by atoms with van der Waals surface area (Å²) in [5, 5.41) is 2.66. The van der Waals surface area contributed by atoms with Crippen molar-refractivity contribution in [3.05, 3.63) is 18.2 Å². The maximum absolute atomic E-state index is 11.7. The molecule has 0 aliphatic rings. The first-order chi connectivity index (χ1) is 7.58. The summed E-state index contributed by atoms with van der Waals surface area (Å²) < 4.78 is 5.07. The topological polar surface area (TPSA) is 64.3 Å². The number of carbonyl (C=O) groups excluding carboxylic acids is 1. The van der Waals surface area contributed by atoms with Crippen LogP contribution in [0.4, 0.5) is 11.4 Å². The van der Waals surface area contributed by atoms with Crippen LogP contribution in [0, 0.1) is 0 Å². The summed E-state index contributed by atoms with van der Waals surface area (Å²) >= 11 is 1.48. The summed E-state index contributed by atoms with van der Waals surface area (Å²) in [6.45, 7) is 1.84. The van der Waals surface area contributed by atoms with E-state index in [4.69, 9.17) is 10.5 Å². The van der Waals surface area contributed by atoms with Crippen molar-refractivity contribution >= 4 is 41.5 Å². The van der Waals surface area contributed by atoms with Crippen LogP contribution in [-0.2, 0) is 4.79 Å². The third-order valence-electron chi connectivity index (χ3n) is 2.24. The number of benzene rings is 1. The first-order valence-electron chi connectivity index (χ1n) is 4.85. The Balaban J connectivity index is 0.00000256. The summed E-state index contributed by atoms with van der Waals surface area (Å²) in [6.07, 6.45) is 1.89. The third-order valence-corrected chi connectivity index (χ3v) is 3.16. The van der Waals surface area contributed by atoms with Gasteiger partial charge in [-0.15, -0.1) is 12.4 Å². The van der Waals surface area contributed by atoms with Gasteiger partial charge in [-0.2, -0.15) is 11.8 Å². The zero-order valence-electron chi connectivity index (χ0n) is 10.0. The minimum Gasteiger partial charge on any atom is -0.497 e. The van der Waals surface area contributed by atoms with Gasteiger partial charge in [0.25, 0.3) is 0 Å². The summed E-state index contributed by atoms with van der Waals surface area (Å²) in [5.74, 6) is 0.605. The van der Waals surface area contributed by atoms with Crippen molar-refractivity contribution in [2.45, 2.75) is 12.2 Å². The molecule has 1 rings (SSSR count). The van der Waals surface area contributed by atoms with Gasteiger partial charge in [0.05, 0.1) is 23.7 Å². The molecule has 96 valence electrons. The van der Waals surface area contributed by atoms with Gasteiger partial charge in [0, 0.05) is 6.07 Å². The van der Waals surface area contributed by atoms with Gasteiger partial charge in [-0.3, -0.25) is 4.79 Å². The quantitative estimate of drug-likeness (QED) is 0.829. The highest BCUT2D eigenvalue weighted by Crippen LogP contribution is 2.25. The third kappa shape index (κ3) is 4.36. The summed E-state index contributed by atoms with van der Waals surface area (Å²) in [5.41, 5.74) is 6.88. The number of halogens is 1. The Morgan fingerprint density at radius 1 is 1.53 bits per heavy atom. The van der Waals surface area contributed by atoms with E-state index in [1.54, 1.807) is 25.3 Å². The monoisotopic (exact) mass is 276 g/mol. The van der Waals surface area contributed by atoms with Crippen LogP contribution < -0.4 is 15.8 Å². The summed E-state index contributed by atoms with van der Waals surface area (Å²) in [4.78, 5) is 11.7. The lowest BCUT2D eigenvalue weighted by molar-refractivity contribution is -0.115. The molecule has 1 aromatic carbocycles. The molecule has 3 N–H and O–H groups in total. The second-order valence-electron chi connectivity index (χ2n) is 3.32. The fourth-order valence-corrected chi connectivity index (χ4v) is 1.39. The number of methoxy groups -OCH3 is 1. The van der Waals surface area contributed by atoms with E-state index < -0.39 is 0 Å². The average molecular weight is 277 g/mol. The Labute approximate surface area is 112 Å². The van der Waals surface area contributed by atoms with Crippen LogP contribution in [0.2, 0.25) is 0 Å². The lowest BCUT2D eigenvalue weighted by Gasteiger charge is -2.12. The van der Waals surface area contributed by atoms with E-state index in [-0.39, 0.29) is 23.6 Å². The molecule has 0 heterocycles. The molecule has 0 spiro atoms. The molecule has 1 amide bonds. The molecule has 0 saturated carbocycles. The van der Waals surface area contributed by atoms with Gasteiger partial charge in [0.15, 0.2) is 0 Å². The number of anilines is 2. The van der Waals surface area contributed by atoms with Gasteiger partial charge >= 0.3 is 0 Å². The predicted octanol–water partition coefficient (Wildman–Crippen LogP) is 2.39. The maximum atomic E-state index is 11.7. The molecule has 1 aromatic rings. The SMILES string of the molecule is COc1ccc(N)c(NC(=O)C(C)SC)c1.Cl. The summed E-state index contributed by atoms with van der Waals surface area (Å²) in [7, 11) is 1.57. The van der Waals surface area contributed by atoms with Crippen LogP contribution in [-0.4, -0.2) is 24.5 Å². The smallest absolute Gasteiger partial charge is 0.237 e. The Morgan fingerprint density at radius 2 is 2.18 bits per heavy atom. The number of ether oxygens (including phenoxy) is 1.